The van der Waals surface area contributed by atoms with E-state index in [0.717, 1.165) is 15.8 Å². The molecule has 0 aliphatic rings. The zero-order valence-electron chi connectivity index (χ0n) is 16.3. The summed E-state index contributed by atoms with van der Waals surface area (Å²) in [5, 5.41) is 7.31. The van der Waals surface area contributed by atoms with Crippen molar-refractivity contribution in [1.29, 1.82) is 0 Å². The van der Waals surface area contributed by atoms with Crippen molar-refractivity contribution in [3.8, 4) is 5.75 Å². The van der Waals surface area contributed by atoms with Crippen molar-refractivity contribution in [2.75, 3.05) is 12.4 Å². The van der Waals surface area contributed by atoms with Gasteiger partial charge < -0.3 is 20.5 Å². The van der Waals surface area contributed by atoms with Gasteiger partial charge in [0.25, 0.3) is 11.8 Å². The van der Waals surface area contributed by atoms with Crippen molar-refractivity contribution >= 4 is 61.7 Å². The Labute approximate surface area is 194 Å². The van der Waals surface area contributed by atoms with Crippen LogP contribution in [-0.2, 0) is 11.5 Å². The highest BCUT2D eigenvalue weighted by atomic mass is 79.9. The lowest BCUT2D eigenvalue weighted by atomic mass is 10.1. The lowest BCUT2D eigenvalue weighted by Crippen LogP contribution is -2.16. The number of thiophene rings is 1. The number of primary amides is 1. The minimum atomic E-state index is -0.707. The highest BCUT2D eigenvalue weighted by Crippen LogP contribution is 2.33. The van der Waals surface area contributed by atoms with Crippen LogP contribution in [0.1, 0.15) is 36.1 Å². The maximum Gasteiger partial charge on any atom is 0.341 e. The minimum Gasteiger partial charge on any atom is -0.470 e. The van der Waals surface area contributed by atoms with Gasteiger partial charge in [0.1, 0.15) is 10.8 Å². The van der Waals surface area contributed by atoms with Crippen LogP contribution >= 0.6 is 38.9 Å². The molecule has 3 aromatic rings. The van der Waals surface area contributed by atoms with Gasteiger partial charge in [-0.05, 0) is 36.8 Å². The summed E-state index contributed by atoms with van der Waals surface area (Å²) in [6.07, 6.45) is 1.55. The van der Waals surface area contributed by atoms with Gasteiger partial charge in [-0.25, -0.2) is 9.48 Å². The largest absolute Gasteiger partial charge is 0.470 e. The van der Waals surface area contributed by atoms with Gasteiger partial charge >= 0.3 is 5.97 Å². The highest BCUT2D eigenvalue weighted by molar-refractivity contribution is 9.10. The van der Waals surface area contributed by atoms with Gasteiger partial charge in [0, 0.05) is 10.7 Å². The van der Waals surface area contributed by atoms with Crippen molar-refractivity contribution in [1.82, 2.24) is 9.78 Å². The molecule has 0 bridgehead atoms. The fourth-order valence-electron chi connectivity index (χ4n) is 2.63. The van der Waals surface area contributed by atoms with E-state index < -0.39 is 17.8 Å². The Kier molecular flexibility index (Phi) is 6.98. The first-order valence-electron chi connectivity index (χ1n) is 8.65. The van der Waals surface area contributed by atoms with E-state index in [2.05, 4.69) is 26.3 Å². The quantitative estimate of drug-likeness (QED) is 0.450. The molecule has 9 nitrogen and oxygen atoms in total. The number of carbonyl (C=O) groups is 3. The second kappa shape index (κ2) is 9.50. The van der Waals surface area contributed by atoms with E-state index in [9.17, 15) is 14.4 Å². The van der Waals surface area contributed by atoms with Crippen LogP contribution in [0.25, 0.3) is 0 Å². The molecule has 162 valence electrons. The molecule has 2 aromatic heterocycles. The molecule has 3 rings (SSSR count). The van der Waals surface area contributed by atoms with E-state index in [1.165, 1.54) is 17.9 Å². The fraction of sp³-hybridized carbons (Fsp3) is 0.158. The van der Waals surface area contributed by atoms with Gasteiger partial charge in [-0.15, -0.1) is 11.3 Å². The molecule has 3 N–H and O–H groups in total. The molecule has 0 fully saturated rings. The maximum atomic E-state index is 12.6. The monoisotopic (exact) mass is 526 g/mol. The maximum absolute atomic E-state index is 12.6. The van der Waals surface area contributed by atoms with E-state index in [1.54, 1.807) is 31.3 Å². The molecule has 1 aromatic carbocycles. The van der Waals surface area contributed by atoms with Crippen LogP contribution in [0.3, 0.4) is 0 Å². The second-order valence-electron chi connectivity index (χ2n) is 6.16. The third-order valence-electron chi connectivity index (χ3n) is 4.11. The van der Waals surface area contributed by atoms with Gasteiger partial charge in [0.15, 0.2) is 12.4 Å². The zero-order valence-corrected chi connectivity index (χ0v) is 19.4. The highest BCUT2D eigenvalue weighted by Gasteiger charge is 2.26. The Morgan fingerprint density at radius 2 is 2.06 bits per heavy atom. The topological polar surface area (TPSA) is 126 Å². The SMILES string of the molecule is COC(=O)c1c(NC(=O)c2ccn(COc3ccc(Br)cc3Cl)n2)sc(C(N)=O)c1C. The Hall–Kier alpha value is -2.89. The minimum absolute atomic E-state index is 0.0198. The molecule has 0 spiro atoms. The van der Waals surface area contributed by atoms with Crippen molar-refractivity contribution < 1.29 is 23.9 Å². The number of rotatable bonds is 7. The summed E-state index contributed by atoms with van der Waals surface area (Å²) >= 11 is 10.3. The average Bonchev–Trinajstić information content (AvgIpc) is 3.31. The number of nitrogens with two attached hydrogens (primary N) is 1. The standard InChI is InChI=1S/C19H16BrClN4O5S/c1-9-14(19(28)29-2)18(31-15(9)16(22)26)23-17(27)12-5-6-25(24-12)8-30-13-4-3-10(20)7-11(13)21/h3-7H,8H2,1-2H3,(H2,22,26)(H,23,27). The number of halogens is 2. The molecule has 0 radical (unpaired) electrons. The Balaban J connectivity index is 1.75. The second-order valence-corrected chi connectivity index (χ2v) is 8.50. The molecule has 0 saturated carbocycles. The van der Waals surface area contributed by atoms with Crippen molar-refractivity contribution in [2.45, 2.75) is 13.7 Å². The van der Waals surface area contributed by atoms with E-state index in [4.69, 9.17) is 26.8 Å². The first-order chi connectivity index (χ1) is 14.7. The van der Waals surface area contributed by atoms with E-state index >= 15 is 0 Å². The third-order valence-corrected chi connectivity index (χ3v) is 6.12. The van der Waals surface area contributed by atoms with Crippen LogP contribution in [0.5, 0.6) is 5.75 Å². The third kappa shape index (κ3) is 5.06. The molecular formula is C19H16BrClN4O5S. The normalized spacial score (nSPS) is 10.6. The molecule has 2 heterocycles. The summed E-state index contributed by atoms with van der Waals surface area (Å²) in [5.74, 6) is -1.52. The number of methoxy groups -OCH3 is 1. The number of esters is 1. The molecule has 31 heavy (non-hydrogen) atoms. The van der Waals surface area contributed by atoms with Crippen LogP contribution < -0.4 is 15.8 Å². The molecule has 0 aliphatic carbocycles. The van der Waals surface area contributed by atoms with Gasteiger partial charge in [-0.2, -0.15) is 5.10 Å². The number of ether oxygens (including phenoxy) is 2. The number of aromatic nitrogens is 2. The van der Waals surface area contributed by atoms with E-state index in [-0.39, 0.29) is 27.9 Å². The number of nitrogens with zero attached hydrogens (tertiary/aromatic N) is 2. The predicted octanol–water partition coefficient (Wildman–Crippen LogP) is 3.84. The van der Waals surface area contributed by atoms with Crippen LogP contribution in [0.15, 0.2) is 34.9 Å². The molecule has 0 aliphatic heterocycles. The van der Waals surface area contributed by atoms with Crippen LogP contribution in [-0.4, -0.2) is 34.7 Å². The number of nitrogens with one attached hydrogen (secondary N) is 1. The summed E-state index contributed by atoms with van der Waals surface area (Å²) in [5.41, 5.74) is 5.84. The fourth-order valence-corrected chi connectivity index (χ4v) is 4.40. The van der Waals surface area contributed by atoms with Crippen LogP contribution in [0.2, 0.25) is 5.02 Å². The average molecular weight is 528 g/mol. The molecule has 0 saturated heterocycles. The predicted molar refractivity (Wildman–Crippen MR) is 119 cm³/mol. The van der Waals surface area contributed by atoms with Gasteiger partial charge in [0.2, 0.25) is 0 Å². The van der Waals surface area contributed by atoms with Gasteiger partial charge in [0.05, 0.1) is 22.6 Å². The van der Waals surface area contributed by atoms with E-state index in [1.807, 2.05) is 0 Å². The first-order valence-corrected chi connectivity index (χ1v) is 10.6. The number of hydrogen-bond acceptors (Lipinski definition) is 7. The number of anilines is 1. The molecule has 12 heteroatoms. The number of carbonyl (C=O) groups excluding carboxylic acids is 3. The van der Waals surface area contributed by atoms with Crippen molar-refractivity contribution in [3.05, 3.63) is 61.7 Å². The summed E-state index contributed by atoms with van der Waals surface area (Å²) in [4.78, 5) is 36.5. The van der Waals surface area contributed by atoms with Crippen LogP contribution in [0.4, 0.5) is 5.00 Å². The Morgan fingerprint density at radius 1 is 1.32 bits per heavy atom. The van der Waals surface area contributed by atoms with Crippen LogP contribution in [0, 0.1) is 6.92 Å². The lowest BCUT2D eigenvalue weighted by molar-refractivity contribution is 0.0601. The number of hydrogen-bond donors (Lipinski definition) is 2. The molecule has 0 atom stereocenters. The zero-order chi connectivity index (χ0) is 22.7. The van der Waals surface area contributed by atoms with E-state index in [0.29, 0.717) is 16.3 Å². The molecule has 2 amide bonds. The molecule has 0 unspecified atom stereocenters. The number of amides is 2. The summed E-state index contributed by atoms with van der Waals surface area (Å²) in [6.45, 7) is 1.57. The van der Waals surface area contributed by atoms with Gasteiger partial charge in [-0.1, -0.05) is 27.5 Å². The first kappa shape index (κ1) is 22.8. The lowest BCUT2D eigenvalue weighted by Gasteiger charge is -2.08. The summed E-state index contributed by atoms with van der Waals surface area (Å²) in [6, 6.07) is 6.66. The van der Waals surface area contributed by atoms with Gasteiger partial charge in [-0.3, -0.25) is 9.59 Å². The van der Waals surface area contributed by atoms with Crippen molar-refractivity contribution in [3.63, 3.8) is 0 Å². The molecular weight excluding hydrogens is 512 g/mol. The Morgan fingerprint density at radius 3 is 2.71 bits per heavy atom. The Bertz CT molecular complexity index is 1180. The smallest absolute Gasteiger partial charge is 0.341 e. The number of benzene rings is 1. The summed E-state index contributed by atoms with van der Waals surface area (Å²) < 4.78 is 12.6. The van der Waals surface area contributed by atoms with Crippen molar-refractivity contribution in [2.24, 2.45) is 5.73 Å². The summed E-state index contributed by atoms with van der Waals surface area (Å²) in [7, 11) is 1.20.